The molecule has 0 aromatic carbocycles. The highest BCUT2D eigenvalue weighted by atomic mass is 16.4. The van der Waals surface area contributed by atoms with E-state index in [0.29, 0.717) is 32.1 Å². The zero-order valence-electron chi connectivity index (χ0n) is 22.0. The number of fused-ring (bicyclic) bond motifs is 7. The van der Waals surface area contributed by atoms with Gasteiger partial charge in [0.05, 0.1) is 41.9 Å². The minimum absolute atomic E-state index is 0.0234. The maximum atomic E-state index is 12.7. The molecule has 0 aromatic rings. The van der Waals surface area contributed by atoms with Gasteiger partial charge in [-0.2, -0.15) is 0 Å². The normalized spacial score (nSPS) is 51.8. The lowest BCUT2D eigenvalue weighted by Crippen LogP contribution is -2.79. The molecule has 5 aliphatic rings. The average Bonchev–Trinajstić information content (AvgIpc) is 2.82. The van der Waals surface area contributed by atoms with Crippen LogP contribution in [0.3, 0.4) is 0 Å². The second kappa shape index (κ2) is 7.89. The minimum Gasteiger partial charge on any atom is -0.481 e. The van der Waals surface area contributed by atoms with Crippen molar-refractivity contribution in [2.24, 2.45) is 38.9 Å². The molecule has 0 bridgehead atoms. The molecule has 0 radical (unpaired) electrons. The van der Waals surface area contributed by atoms with Gasteiger partial charge in [0.15, 0.2) is 0 Å². The van der Waals surface area contributed by atoms with Crippen molar-refractivity contribution in [1.82, 2.24) is 0 Å². The number of carbonyl (C=O) groups is 1. The van der Waals surface area contributed by atoms with Gasteiger partial charge in [0.25, 0.3) is 0 Å². The van der Waals surface area contributed by atoms with Crippen LogP contribution in [0, 0.1) is 38.9 Å². The first-order valence-corrected chi connectivity index (χ1v) is 13.6. The van der Waals surface area contributed by atoms with E-state index >= 15 is 0 Å². The van der Waals surface area contributed by atoms with Gasteiger partial charge < -0.3 is 30.6 Å². The highest BCUT2D eigenvalue weighted by Gasteiger charge is 2.77. The van der Waals surface area contributed by atoms with Crippen molar-refractivity contribution in [3.63, 3.8) is 0 Å². The van der Waals surface area contributed by atoms with Gasteiger partial charge in [0.2, 0.25) is 0 Å². The van der Waals surface area contributed by atoms with E-state index in [9.17, 15) is 35.4 Å². The highest BCUT2D eigenvalue weighted by molar-refractivity contribution is 5.77. The van der Waals surface area contributed by atoms with Crippen LogP contribution < -0.4 is 0 Å². The molecule has 0 saturated heterocycles. The lowest BCUT2D eigenvalue weighted by Gasteiger charge is -2.74. The van der Waals surface area contributed by atoms with Gasteiger partial charge >= 0.3 is 5.97 Å². The van der Waals surface area contributed by atoms with E-state index in [1.807, 2.05) is 6.92 Å². The van der Waals surface area contributed by atoms with E-state index in [1.165, 1.54) is 5.57 Å². The Hall–Kier alpha value is -1.25. The average molecular weight is 505 g/mol. The molecule has 0 aromatic heterocycles. The quantitative estimate of drug-likeness (QED) is 0.325. The highest BCUT2D eigenvalue weighted by Crippen LogP contribution is 2.76. The summed E-state index contributed by atoms with van der Waals surface area (Å²) >= 11 is 0. The van der Waals surface area contributed by atoms with Crippen LogP contribution in [0.5, 0.6) is 0 Å². The first-order chi connectivity index (χ1) is 16.7. The van der Waals surface area contributed by atoms with Gasteiger partial charge in [0.1, 0.15) is 0 Å². The maximum Gasteiger partial charge on any atom is 0.310 e. The summed E-state index contributed by atoms with van der Waals surface area (Å²) < 4.78 is 0. The summed E-state index contributed by atoms with van der Waals surface area (Å²) in [5, 5.41) is 66.0. The van der Waals surface area contributed by atoms with Crippen molar-refractivity contribution in [2.45, 2.75) is 96.4 Å². The number of hydrogen-bond donors (Lipinski definition) is 6. The second-order valence-electron chi connectivity index (χ2n) is 13.5. The predicted molar refractivity (Wildman–Crippen MR) is 134 cm³/mol. The molecular formula is C29H44O7. The van der Waals surface area contributed by atoms with Gasteiger partial charge in [-0.05, 0) is 68.1 Å². The van der Waals surface area contributed by atoms with Gasteiger partial charge in [-0.3, -0.25) is 4.79 Å². The molecule has 0 heterocycles. The number of aliphatic carboxylic acids is 1. The number of aliphatic hydroxyl groups excluding tert-OH is 4. The molecule has 9 atom stereocenters. The molecule has 5 aliphatic carbocycles. The van der Waals surface area contributed by atoms with E-state index in [4.69, 9.17) is 0 Å². The van der Waals surface area contributed by atoms with Gasteiger partial charge in [-0.25, -0.2) is 0 Å². The van der Waals surface area contributed by atoms with E-state index in [0.717, 1.165) is 18.4 Å². The van der Waals surface area contributed by atoms with Crippen LogP contribution in [-0.2, 0) is 4.79 Å². The molecule has 4 saturated carbocycles. The third-order valence-corrected chi connectivity index (χ3v) is 13.0. The molecule has 6 N–H and O–H groups in total. The van der Waals surface area contributed by atoms with Gasteiger partial charge in [-0.15, -0.1) is 0 Å². The molecule has 36 heavy (non-hydrogen) atoms. The Kier molecular flexibility index (Phi) is 5.77. The third-order valence-electron chi connectivity index (χ3n) is 13.0. The summed E-state index contributed by atoms with van der Waals surface area (Å²) in [6.45, 7) is 9.44. The zero-order chi connectivity index (χ0) is 26.5. The number of hydrogen-bond acceptors (Lipinski definition) is 6. The number of allylic oxidation sites excluding steroid dienone is 3. The summed E-state index contributed by atoms with van der Waals surface area (Å²) in [6, 6.07) is 0. The molecule has 7 heteroatoms. The van der Waals surface area contributed by atoms with Gasteiger partial charge in [0, 0.05) is 17.8 Å². The number of aliphatic hydroxyl groups is 5. The van der Waals surface area contributed by atoms with E-state index < -0.39 is 53.2 Å². The molecule has 0 spiro atoms. The Balaban J connectivity index is 1.66. The SMILES string of the molecule is C=C1CC[C@]2(C(=O)O)CC[C@]3(C)C(=CC[C@@H]4[C@@]5(C)[C@H](O)C[C@H](O)C(CO)(CO)[C@]5(O)CC[C@]43C)[C@@H]2C1. The molecule has 0 amide bonds. The van der Waals surface area contributed by atoms with Crippen molar-refractivity contribution in [3.05, 3.63) is 23.8 Å². The summed E-state index contributed by atoms with van der Waals surface area (Å²) in [5.74, 6) is -0.998. The molecule has 7 nitrogen and oxygen atoms in total. The fourth-order valence-corrected chi connectivity index (χ4v) is 10.2. The number of carboxylic acids is 1. The zero-order valence-corrected chi connectivity index (χ0v) is 22.0. The topological polar surface area (TPSA) is 138 Å². The van der Waals surface area contributed by atoms with Crippen molar-refractivity contribution < 1.29 is 35.4 Å². The van der Waals surface area contributed by atoms with Crippen LogP contribution in [0.2, 0.25) is 0 Å². The smallest absolute Gasteiger partial charge is 0.310 e. The summed E-state index contributed by atoms with van der Waals surface area (Å²) in [6.07, 6.45) is 4.68. The number of carboxylic acid groups (broad SMARTS) is 1. The summed E-state index contributed by atoms with van der Waals surface area (Å²) in [7, 11) is 0. The Morgan fingerprint density at radius 3 is 2.31 bits per heavy atom. The first kappa shape index (κ1) is 26.4. The predicted octanol–water partition coefficient (Wildman–Crippen LogP) is 2.79. The van der Waals surface area contributed by atoms with Crippen molar-refractivity contribution in [2.75, 3.05) is 13.2 Å². The fraction of sp³-hybridized carbons (Fsp3) is 0.828. The van der Waals surface area contributed by atoms with E-state index in [1.54, 1.807) is 0 Å². The van der Waals surface area contributed by atoms with Crippen LogP contribution in [0.1, 0.15) is 78.6 Å². The fourth-order valence-electron chi connectivity index (χ4n) is 10.2. The Labute approximate surface area is 213 Å². The molecule has 0 aliphatic heterocycles. The van der Waals surface area contributed by atoms with E-state index in [2.05, 4.69) is 26.5 Å². The van der Waals surface area contributed by atoms with Crippen LogP contribution in [0.15, 0.2) is 23.8 Å². The standard InChI is InChI=1S/C29H44O7/c1-17-7-8-27(23(34)35)11-9-24(2)18(19(27)13-17)5-6-20-25(24,3)10-12-29(36)26(20,4)21(32)14-22(33)28(29,15-30)16-31/h5,19-22,30-33,36H,1,6-16H2,2-4H3,(H,34,35)/t19-,20-,21+,22-,24+,25+,26-,27-,29-/m0/s1. The molecule has 202 valence electrons. The Morgan fingerprint density at radius 2 is 1.69 bits per heavy atom. The number of rotatable bonds is 3. The minimum atomic E-state index is -1.66. The molecule has 4 fully saturated rings. The maximum absolute atomic E-state index is 12.7. The van der Waals surface area contributed by atoms with Crippen molar-refractivity contribution >= 4 is 5.97 Å². The lowest BCUT2D eigenvalue weighted by molar-refractivity contribution is -0.339. The Morgan fingerprint density at radius 1 is 1.03 bits per heavy atom. The van der Waals surface area contributed by atoms with Crippen molar-refractivity contribution in [1.29, 1.82) is 0 Å². The molecular weight excluding hydrogens is 460 g/mol. The summed E-state index contributed by atoms with van der Waals surface area (Å²) in [4.78, 5) is 12.7. The van der Waals surface area contributed by atoms with Gasteiger partial charge in [-0.1, -0.05) is 44.6 Å². The van der Waals surface area contributed by atoms with Crippen LogP contribution >= 0.6 is 0 Å². The largest absolute Gasteiger partial charge is 0.481 e. The third kappa shape index (κ3) is 2.69. The van der Waals surface area contributed by atoms with Crippen LogP contribution in [0.4, 0.5) is 0 Å². The lowest BCUT2D eigenvalue weighted by atomic mass is 9.32. The van der Waals surface area contributed by atoms with Crippen LogP contribution in [-0.4, -0.2) is 67.6 Å². The summed E-state index contributed by atoms with van der Waals surface area (Å²) in [5.41, 5.74) is -3.40. The molecule has 5 rings (SSSR count). The second-order valence-corrected chi connectivity index (χ2v) is 13.5. The van der Waals surface area contributed by atoms with Crippen molar-refractivity contribution in [3.8, 4) is 0 Å². The monoisotopic (exact) mass is 504 g/mol. The van der Waals surface area contributed by atoms with Crippen LogP contribution in [0.25, 0.3) is 0 Å². The molecule has 0 unspecified atom stereocenters. The Bertz CT molecular complexity index is 1000. The van der Waals surface area contributed by atoms with E-state index in [-0.39, 0.29) is 35.5 Å². The first-order valence-electron chi connectivity index (χ1n) is 13.6.